The number of carbonyl (C=O) groups is 1. The van der Waals surface area contributed by atoms with Crippen molar-refractivity contribution < 1.29 is 14.3 Å². The molecule has 126 valence electrons. The lowest BCUT2D eigenvalue weighted by atomic mass is 9.85. The highest BCUT2D eigenvalue weighted by Crippen LogP contribution is 2.39. The van der Waals surface area contributed by atoms with Gasteiger partial charge in [-0.25, -0.2) is 4.39 Å². The summed E-state index contributed by atoms with van der Waals surface area (Å²) in [6.07, 6.45) is 6.80. The SMILES string of the molecule is O=C(O)C1CCC(NC(CC2CC2)c2cc(F)cc(Br)c2)CC1. The lowest BCUT2D eigenvalue weighted by molar-refractivity contribution is -0.142. The Bertz CT molecular complexity index is 548. The molecule has 2 fully saturated rings. The number of benzene rings is 1. The van der Waals surface area contributed by atoms with E-state index < -0.39 is 5.97 Å². The van der Waals surface area contributed by atoms with Gasteiger partial charge in [0, 0.05) is 16.6 Å². The highest BCUT2D eigenvalue weighted by Gasteiger charge is 2.31. The Morgan fingerprint density at radius 1 is 1.22 bits per heavy atom. The van der Waals surface area contributed by atoms with Crippen LogP contribution in [0.1, 0.15) is 56.6 Å². The topological polar surface area (TPSA) is 49.3 Å². The summed E-state index contributed by atoms with van der Waals surface area (Å²) in [5.74, 6) is -0.346. The molecule has 3 rings (SSSR count). The number of halogens is 2. The highest BCUT2D eigenvalue weighted by molar-refractivity contribution is 9.10. The fourth-order valence-corrected chi connectivity index (χ4v) is 4.04. The number of hydrogen-bond acceptors (Lipinski definition) is 2. The van der Waals surface area contributed by atoms with E-state index in [4.69, 9.17) is 5.11 Å². The van der Waals surface area contributed by atoms with E-state index in [9.17, 15) is 9.18 Å². The zero-order valence-electron chi connectivity index (χ0n) is 13.1. The van der Waals surface area contributed by atoms with Crippen LogP contribution in [-0.4, -0.2) is 17.1 Å². The van der Waals surface area contributed by atoms with Crippen LogP contribution in [0.15, 0.2) is 22.7 Å². The number of carboxylic acid groups (broad SMARTS) is 1. The molecule has 1 unspecified atom stereocenters. The summed E-state index contributed by atoms with van der Waals surface area (Å²) >= 11 is 3.38. The van der Waals surface area contributed by atoms with Crippen LogP contribution in [0.25, 0.3) is 0 Å². The minimum Gasteiger partial charge on any atom is -0.481 e. The summed E-state index contributed by atoms with van der Waals surface area (Å²) in [4.78, 5) is 11.1. The summed E-state index contributed by atoms with van der Waals surface area (Å²) in [5.41, 5.74) is 0.990. The van der Waals surface area contributed by atoms with Gasteiger partial charge in [0.05, 0.1) is 5.92 Å². The maximum Gasteiger partial charge on any atom is 0.306 e. The first-order valence-electron chi connectivity index (χ1n) is 8.46. The van der Waals surface area contributed by atoms with Crippen LogP contribution in [0.4, 0.5) is 4.39 Å². The van der Waals surface area contributed by atoms with Crippen LogP contribution in [0.3, 0.4) is 0 Å². The zero-order valence-corrected chi connectivity index (χ0v) is 14.7. The second-order valence-electron chi connectivity index (χ2n) is 6.99. The fraction of sp³-hybridized carbons (Fsp3) is 0.611. The number of carboxylic acids is 1. The summed E-state index contributed by atoms with van der Waals surface area (Å²) in [6, 6.07) is 5.58. The summed E-state index contributed by atoms with van der Waals surface area (Å²) in [7, 11) is 0. The molecule has 0 spiro atoms. The smallest absolute Gasteiger partial charge is 0.306 e. The molecule has 23 heavy (non-hydrogen) atoms. The van der Waals surface area contributed by atoms with E-state index in [1.165, 1.54) is 18.9 Å². The van der Waals surface area contributed by atoms with E-state index in [0.29, 0.717) is 6.04 Å². The lowest BCUT2D eigenvalue weighted by Gasteiger charge is -2.31. The number of aliphatic carboxylic acids is 1. The van der Waals surface area contributed by atoms with Crippen molar-refractivity contribution >= 4 is 21.9 Å². The standard InChI is InChI=1S/C18H23BrFNO2/c19-14-8-13(9-15(20)10-14)17(7-11-1-2-11)21-16-5-3-12(4-6-16)18(22)23/h8-12,16-17,21H,1-7H2,(H,22,23). The molecule has 1 aromatic rings. The monoisotopic (exact) mass is 383 g/mol. The summed E-state index contributed by atoms with van der Waals surface area (Å²) in [5, 5.41) is 12.8. The normalized spacial score (nSPS) is 26.0. The van der Waals surface area contributed by atoms with Crippen molar-refractivity contribution in [2.45, 2.75) is 57.0 Å². The Morgan fingerprint density at radius 3 is 2.48 bits per heavy atom. The Balaban J connectivity index is 1.66. The second kappa shape index (κ2) is 7.31. The lowest BCUT2D eigenvalue weighted by Crippen LogP contribution is -2.37. The van der Waals surface area contributed by atoms with E-state index in [1.54, 1.807) is 6.07 Å². The Kier molecular flexibility index (Phi) is 5.37. The third-order valence-electron chi connectivity index (χ3n) is 5.07. The molecular formula is C18H23BrFNO2. The van der Waals surface area contributed by atoms with Crippen LogP contribution >= 0.6 is 15.9 Å². The molecule has 1 aromatic carbocycles. The van der Waals surface area contributed by atoms with Crippen LogP contribution in [0.5, 0.6) is 0 Å². The van der Waals surface area contributed by atoms with Crippen molar-refractivity contribution in [3.63, 3.8) is 0 Å². The molecule has 0 heterocycles. The average Bonchev–Trinajstić information content (AvgIpc) is 3.30. The van der Waals surface area contributed by atoms with Crippen LogP contribution in [0, 0.1) is 17.7 Å². The molecule has 0 aromatic heterocycles. The van der Waals surface area contributed by atoms with Gasteiger partial charge in [0.15, 0.2) is 0 Å². The molecule has 2 N–H and O–H groups in total. The van der Waals surface area contributed by atoms with Crippen molar-refractivity contribution in [3.8, 4) is 0 Å². The summed E-state index contributed by atoms with van der Waals surface area (Å²) < 4.78 is 14.5. The second-order valence-corrected chi connectivity index (χ2v) is 7.90. The molecular weight excluding hydrogens is 361 g/mol. The number of rotatable bonds is 6. The number of hydrogen-bond donors (Lipinski definition) is 2. The quantitative estimate of drug-likeness (QED) is 0.750. The molecule has 5 heteroatoms. The van der Waals surface area contributed by atoms with Gasteiger partial charge in [0.2, 0.25) is 0 Å². The van der Waals surface area contributed by atoms with E-state index in [0.717, 1.165) is 48.1 Å². The van der Waals surface area contributed by atoms with Gasteiger partial charge in [-0.3, -0.25) is 4.79 Å². The van der Waals surface area contributed by atoms with Gasteiger partial charge in [-0.1, -0.05) is 28.8 Å². The Morgan fingerprint density at radius 2 is 1.91 bits per heavy atom. The van der Waals surface area contributed by atoms with Crippen molar-refractivity contribution in [3.05, 3.63) is 34.1 Å². The predicted octanol–water partition coefficient (Wildman–Crippen LogP) is 4.66. The first-order valence-corrected chi connectivity index (χ1v) is 9.25. The van der Waals surface area contributed by atoms with Crippen LogP contribution < -0.4 is 5.32 Å². The molecule has 3 nitrogen and oxygen atoms in total. The molecule has 0 amide bonds. The van der Waals surface area contributed by atoms with Crippen molar-refractivity contribution in [2.24, 2.45) is 11.8 Å². The molecule has 2 aliphatic rings. The molecule has 0 saturated heterocycles. The maximum absolute atomic E-state index is 13.7. The average molecular weight is 384 g/mol. The summed E-state index contributed by atoms with van der Waals surface area (Å²) in [6.45, 7) is 0. The van der Waals surface area contributed by atoms with Gasteiger partial charge in [0.25, 0.3) is 0 Å². The maximum atomic E-state index is 13.7. The van der Waals surface area contributed by atoms with Crippen molar-refractivity contribution in [1.82, 2.24) is 5.32 Å². The van der Waals surface area contributed by atoms with E-state index in [2.05, 4.69) is 21.2 Å². The molecule has 0 aliphatic heterocycles. The fourth-order valence-electron chi connectivity index (χ4n) is 3.56. The molecule has 0 bridgehead atoms. The van der Waals surface area contributed by atoms with Crippen molar-refractivity contribution in [1.29, 1.82) is 0 Å². The first kappa shape index (κ1) is 16.9. The Hall–Kier alpha value is -0.940. The minimum absolute atomic E-state index is 0.154. The van der Waals surface area contributed by atoms with E-state index in [1.807, 2.05) is 6.07 Å². The van der Waals surface area contributed by atoms with Gasteiger partial charge in [0.1, 0.15) is 5.82 Å². The van der Waals surface area contributed by atoms with Crippen LogP contribution in [0.2, 0.25) is 0 Å². The molecule has 2 aliphatic carbocycles. The highest BCUT2D eigenvalue weighted by atomic mass is 79.9. The first-order chi connectivity index (χ1) is 11.0. The van der Waals surface area contributed by atoms with Gasteiger partial charge >= 0.3 is 5.97 Å². The third-order valence-corrected chi connectivity index (χ3v) is 5.52. The third kappa shape index (κ3) is 4.77. The van der Waals surface area contributed by atoms with Gasteiger partial charge in [-0.2, -0.15) is 0 Å². The largest absolute Gasteiger partial charge is 0.481 e. The van der Waals surface area contributed by atoms with Gasteiger partial charge in [-0.05, 0) is 61.8 Å². The molecule has 1 atom stereocenters. The Labute approximate surface area is 144 Å². The molecule has 2 saturated carbocycles. The zero-order chi connectivity index (χ0) is 16.4. The number of nitrogens with one attached hydrogen (secondary N) is 1. The minimum atomic E-state index is -0.674. The van der Waals surface area contributed by atoms with Crippen LogP contribution in [-0.2, 0) is 4.79 Å². The molecule has 0 radical (unpaired) electrons. The van der Waals surface area contributed by atoms with Gasteiger partial charge in [-0.15, -0.1) is 0 Å². The van der Waals surface area contributed by atoms with Crippen molar-refractivity contribution in [2.75, 3.05) is 0 Å². The predicted molar refractivity (Wildman–Crippen MR) is 90.7 cm³/mol. The van der Waals surface area contributed by atoms with Gasteiger partial charge < -0.3 is 10.4 Å². The van der Waals surface area contributed by atoms with E-state index >= 15 is 0 Å². The van der Waals surface area contributed by atoms with E-state index in [-0.39, 0.29) is 17.8 Å².